The molecule has 2 rings (SSSR count). The number of carboxylic acid groups (broad SMARTS) is 1. The number of carbonyl (C=O) groups excluding carboxylic acids is 1. The zero-order valence-electron chi connectivity index (χ0n) is 17.3. The van der Waals surface area contributed by atoms with E-state index in [4.69, 9.17) is 4.74 Å². The average Bonchev–Trinajstić information content (AvgIpc) is 2.75. The Labute approximate surface area is 173 Å². The maximum Gasteiger partial charge on any atom is 0.339 e. The molecule has 0 spiro atoms. The van der Waals surface area contributed by atoms with E-state index < -0.39 is 11.9 Å². The van der Waals surface area contributed by atoms with E-state index >= 15 is 0 Å². The minimum absolute atomic E-state index is 0.0311. The van der Waals surface area contributed by atoms with Gasteiger partial charge in [-0.2, -0.15) is 0 Å². The topological polar surface area (TPSA) is 63.6 Å². The van der Waals surface area contributed by atoms with Crippen LogP contribution in [-0.2, 0) is 4.74 Å². The summed E-state index contributed by atoms with van der Waals surface area (Å²) in [6.07, 6.45) is 10.1. The van der Waals surface area contributed by atoms with Gasteiger partial charge in [-0.15, -0.1) is 0 Å². The van der Waals surface area contributed by atoms with Crippen LogP contribution in [-0.4, -0.2) is 17.0 Å². The Kier molecular flexibility index (Phi) is 9.98. The first-order chi connectivity index (χ1) is 14.1. The quantitative estimate of drug-likeness (QED) is 0.298. The number of hydrogen-bond donors (Lipinski definition) is 1. The molecule has 156 valence electrons. The van der Waals surface area contributed by atoms with Gasteiger partial charge in [-0.25, -0.2) is 9.59 Å². The highest BCUT2D eigenvalue weighted by Crippen LogP contribution is 2.26. The SMILES string of the molecule is CCCCCCCCCCC(OC(=O)c1ccccc1C(=O)O)c1ccccc1. The lowest BCUT2D eigenvalue weighted by Gasteiger charge is -2.19. The van der Waals surface area contributed by atoms with Gasteiger partial charge in [-0.05, 0) is 30.5 Å². The van der Waals surface area contributed by atoms with Gasteiger partial charge >= 0.3 is 11.9 Å². The fraction of sp³-hybridized carbons (Fsp3) is 0.440. The summed E-state index contributed by atoms with van der Waals surface area (Å²) >= 11 is 0. The number of carbonyl (C=O) groups is 2. The molecule has 4 nitrogen and oxygen atoms in total. The number of benzene rings is 2. The van der Waals surface area contributed by atoms with Crippen molar-refractivity contribution in [3.63, 3.8) is 0 Å². The molecule has 1 atom stereocenters. The summed E-state index contributed by atoms with van der Waals surface area (Å²) in [5.41, 5.74) is 1.00. The minimum Gasteiger partial charge on any atom is -0.478 e. The molecule has 0 aromatic heterocycles. The molecule has 4 heteroatoms. The van der Waals surface area contributed by atoms with Gasteiger partial charge in [0, 0.05) is 0 Å². The molecule has 2 aromatic carbocycles. The fourth-order valence-electron chi connectivity index (χ4n) is 3.47. The van der Waals surface area contributed by atoms with E-state index in [0.29, 0.717) is 0 Å². The Hall–Kier alpha value is -2.62. The second kappa shape index (κ2) is 12.8. The largest absolute Gasteiger partial charge is 0.478 e. The summed E-state index contributed by atoms with van der Waals surface area (Å²) < 4.78 is 5.77. The van der Waals surface area contributed by atoms with Crippen molar-refractivity contribution >= 4 is 11.9 Å². The maximum atomic E-state index is 12.7. The van der Waals surface area contributed by atoms with E-state index in [1.165, 1.54) is 50.7 Å². The van der Waals surface area contributed by atoms with Crippen molar-refractivity contribution in [2.45, 2.75) is 70.8 Å². The third-order valence-corrected chi connectivity index (χ3v) is 5.12. The average molecular weight is 397 g/mol. The van der Waals surface area contributed by atoms with Crippen LogP contribution in [0.3, 0.4) is 0 Å². The molecule has 2 aromatic rings. The van der Waals surface area contributed by atoms with Crippen molar-refractivity contribution in [1.29, 1.82) is 0 Å². The number of aromatic carboxylic acids is 1. The molecule has 0 saturated heterocycles. The highest BCUT2D eigenvalue weighted by molar-refractivity contribution is 6.02. The molecule has 0 aliphatic rings. The van der Waals surface area contributed by atoms with Gasteiger partial charge in [-0.3, -0.25) is 0 Å². The predicted octanol–water partition coefficient (Wildman–Crippen LogP) is 6.81. The second-order valence-corrected chi connectivity index (χ2v) is 7.42. The molecule has 1 unspecified atom stereocenters. The summed E-state index contributed by atoms with van der Waals surface area (Å²) in [5, 5.41) is 9.34. The first-order valence-electron chi connectivity index (χ1n) is 10.7. The summed E-state index contributed by atoms with van der Waals surface area (Å²) in [5.74, 6) is -1.71. The van der Waals surface area contributed by atoms with E-state index in [-0.39, 0.29) is 17.2 Å². The molecule has 0 heterocycles. The third-order valence-electron chi connectivity index (χ3n) is 5.12. The van der Waals surface area contributed by atoms with Gasteiger partial charge < -0.3 is 9.84 Å². The molecule has 0 fully saturated rings. The van der Waals surface area contributed by atoms with Crippen LogP contribution in [0.5, 0.6) is 0 Å². The van der Waals surface area contributed by atoms with Gasteiger partial charge in [0.05, 0.1) is 11.1 Å². The normalized spacial score (nSPS) is 11.8. The summed E-state index contributed by atoms with van der Waals surface area (Å²) in [6, 6.07) is 15.9. The van der Waals surface area contributed by atoms with Gasteiger partial charge in [0.25, 0.3) is 0 Å². The molecule has 0 radical (unpaired) electrons. The smallest absolute Gasteiger partial charge is 0.339 e. The summed E-state index contributed by atoms with van der Waals surface area (Å²) in [7, 11) is 0. The lowest BCUT2D eigenvalue weighted by Crippen LogP contribution is -2.15. The zero-order valence-corrected chi connectivity index (χ0v) is 17.3. The Bertz CT molecular complexity index is 754. The van der Waals surface area contributed by atoms with E-state index in [2.05, 4.69) is 6.92 Å². The van der Waals surface area contributed by atoms with Crippen LogP contribution in [0, 0.1) is 0 Å². The van der Waals surface area contributed by atoms with E-state index in [1.54, 1.807) is 12.1 Å². The molecule has 0 saturated carbocycles. The lowest BCUT2D eigenvalue weighted by molar-refractivity contribution is 0.0265. The highest BCUT2D eigenvalue weighted by atomic mass is 16.5. The van der Waals surface area contributed by atoms with Gasteiger partial charge in [-0.1, -0.05) is 94.3 Å². The fourth-order valence-corrected chi connectivity index (χ4v) is 3.47. The standard InChI is InChI=1S/C25H32O4/c1-2-3-4-5-6-7-8-12-19-23(20-15-10-9-11-16-20)29-25(28)22-18-14-13-17-21(22)24(26)27/h9-11,13-18,23H,2-8,12,19H2,1H3,(H,26,27). The molecule has 0 amide bonds. The lowest BCUT2D eigenvalue weighted by atomic mass is 10.0. The molecule has 0 aliphatic heterocycles. The summed E-state index contributed by atoms with van der Waals surface area (Å²) in [4.78, 5) is 24.1. The number of ether oxygens (including phenoxy) is 1. The van der Waals surface area contributed by atoms with Crippen molar-refractivity contribution in [3.8, 4) is 0 Å². The molecular formula is C25H32O4. The molecule has 0 bridgehead atoms. The Morgan fingerprint density at radius 2 is 1.34 bits per heavy atom. The van der Waals surface area contributed by atoms with Crippen LogP contribution in [0.4, 0.5) is 0 Å². The maximum absolute atomic E-state index is 12.7. The third kappa shape index (κ3) is 7.72. The second-order valence-electron chi connectivity index (χ2n) is 7.42. The van der Waals surface area contributed by atoms with Crippen molar-refractivity contribution in [3.05, 3.63) is 71.3 Å². The first kappa shape index (κ1) is 22.7. The van der Waals surface area contributed by atoms with Gasteiger partial charge in [0.15, 0.2) is 0 Å². The van der Waals surface area contributed by atoms with E-state index in [9.17, 15) is 14.7 Å². The number of hydrogen-bond acceptors (Lipinski definition) is 3. The van der Waals surface area contributed by atoms with E-state index in [0.717, 1.165) is 24.8 Å². The van der Waals surface area contributed by atoms with Crippen LogP contribution in [0.25, 0.3) is 0 Å². The van der Waals surface area contributed by atoms with Gasteiger partial charge in [0.2, 0.25) is 0 Å². The van der Waals surface area contributed by atoms with Crippen molar-refractivity contribution in [2.24, 2.45) is 0 Å². The zero-order chi connectivity index (χ0) is 20.9. The molecular weight excluding hydrogens is 364 g/mol. The molecule has 29 heavy (non-hydrogen) atoms. The van der Waals surface area contributed by atoms with Crippen LogP contribution in [0.1, 0.15) is 97.1 Å². The number of rotatable bonds is 13. The number of esters is 1. The first-order valence-corrected chi connectivity index (χ1v) is 10.7. The predicted molar refractivity (Wildman–Crippen MR) is 115 cm³/mol. The Balaban J connectivity index is 1.95. The monoisotopic (exact) mass is 396 g/mol. The Morgan fingerprint density at radius 1 is 0.793 bits per heavy atom. The molecule has 0 aliphatic carbocycles. The van der Waals surface area contributed by atoms with E-state index in [1.807, 2.05) is 30.3 Å². The van der Waals surface area contributed by atoms with Crippen LogP contribution >= 0.6 is 0 Å². The van der Waals surface area contributed by atoms with Crippen molar-refractivity contribution in [1.82, 2.24) is 0 Å². The van der Waals surface area contributed by atoms with Gasteiger partial charge in [0.1, 0.15) is 6.10 Å². The van der Waals surface area contributed by atoms with Crippen molar-refractivity contribution in [2.75, 3.05) is 0 Å². The van der Waals surface area contributed by atoms with Crippen molar-refractivity contribution < 1.29 is 19.4 Å². The highest BCUT2D eigenvalue weighted by Gasteiger charge is 2.22. The molecule has 1 N–H and O–H groups in total. The summed E-state index contributed by atoms with van der Waals surface area (Å²) in [6.45, 7) is 2.22. The van der Waals surface area contributed by atoms with Crippen LogP contribution in [0.2, 0.25) is 0 Å². The number of carboxylic acids is 1. The minimum atomic E-state index is -1.13. The Morgan fingerprint density at radius 3 is 1.97 bits per heavy atom. The number of unbranched alkanes of at least 4 members (excludes halogenated alkanes) is 7. The van der Waals surface area contributed by atoms with Crippen LogP contribution in [0.15, 0.2) is 54.6 Å². The van der Waals surface area contributed by atoms with Crippen LogP contribution < -0.4 is 0 Å².